The Bertz CT molecular complexity index is 721. The molecular weight excluding hydrogens is 424 g/mol. The molecule has 2 aromatic rings. The van der Waals surface area contributed by atoms with Gasteiger partial charge in [0.2, 0.25) is 0 Å². The number of nitrogens with zero attached hydrogens (tertiary/aromatic N) is 1. The highest BCUT2D eigenvalue weighted by molar-refractivity contribution is 5.76. The zero-order valence-electron chi connectivity index (χ0n) is 18.8. The van der Waals surface area contributed by atoms with Gasteiger partial charge in [0.25, 0.3) is 0 Å². The van der Waals surface area contributed by atoms with E-state index >= 15 is 0 Å². The number of nitrogens with one attached hydrogen (secondary N) is 1. The van der Waals surface area contributed by atoms with Crippen molar-refractivity contribution in [1.82, 2.24) is 9.97 Å². The van der Waals surface area contributed by atoms with E-state index in [-0.39, 0.29) is 44.3 Å². The van der Waals surface area contributed by atoms with Crippen molar-refractivity contribution in [2.75, 3.05) is 33.0 Å². The fraction of sp³-hybridized carbons (Fsp3) is 0.619. The Labute approximate surface area is 187 Å². The molecule has 3 unspecified atom stereocenters. The topological polar surface area (TPSA) is 197 Å². The van der Waals surface area contributed by atoms with Crippen molar-refractivity contribution in [2.24, 2.45) is 0 Å². The van der Waals surface area contributed by atoms with Crippen LogP contribution in [0.5, 0.6) is 0 Å². The Kier molecular flexibility index (Phi) is 21.1. The van der Waals surface area contributed by atoms with Gasteiger partial charge < -0.3 is 45.5 Å². The SMILES string of the molecule is CC(O)CCO.CC(O)COC(C)CO.O=c1ncc2ccccc2[nH]1.OCC(O)CO. The number of rotatable bonds is 8. The van der Waals surface area contributed by atoms with Gasteiger partial charge in [-0.15, -0.1) is 0 Å². The van der Waals surface area contributed by atoms with Crippen LogP contribution >= 0.6 is 0 Å². The first-order chi connectivity index (χ1) is 15.1. The molecule has 0 bridgehead atoms. The third-order valence-corrected chi connectivity index (χ3v) is 3.37. The van der Waals surface area contributed by atoms with Gasteiger partial charge in [-0.2, -0.15) is 0 Å². The zero-order chi connectivity index (χ0) is 24.9. The maximum atomic E-state index is 10.7. The summed E-state index contributed by atoms with van der Waals surface area (Å²) in [4.78, 5) is 16.9. The van der Waals surface area contributed by atoms with Gasteiger partial charge >= 0.3 is 5.69 Å². The van der Waals surface area contributed by atoms with Crippen molar-refractivity contribution in [1.29, 1.82) is 0 Å². The second-order valence-corrected chi connectivity index (χ2v) is 6.83. The lowest BCUT2D eigenvalue weighted by Crippen LogP contribution is -2.19. The zero-order valence-corrected chi connectivity index (χ0v) is 18.8. The van der Waals surface area contributed by atoms with E-state index in [1.165, 1.54) is 0 Å². The van der Waals surface area contributed by atoms with E-state index < -0.39 is 12.2 Å². The molecule has 0 amide bonds. The van der Waals surface area contributed by atoms with E-state index in [2.05, 4.69) is 9.97 Å². The van der Waals surface area contributed by atoms with Gasteiger partial charge in [0.1, 0.15) is 6.10 Å². The molecule has 2 rings (SSSR count). The summed E-state index contributed by atoms with van der Waals surface area (Å²) in [6, 6.07) is 7.53. The van der Waals surface area contributed by atoms with Gasteiger partial charge in [0.05, 0.1) is 50.3 Å². The monoisotopic (exact) mass is 462 g/mol. The summed E-state index contributed by atoms with van der Waals surface area (Å²) in [5.74, 6) is 0. The van der Waals surface area contributed by atoms with Gasteiger partial charge in [0, 0.05) is 18.2 Å². The quantitative estimate of drug-likeness (QED) is 0.235. The lowest BCUT2D eigenvalue weighted by molar-refractivity contribution is -0.0177. The van der Waals surface area contributed by atoms with Crippen LogP contribution in [-0.4, -0.2) is 103 Å². The second kappa shape index (κ2) is 20.9. The van der Waals surface area contributed by atoms with Crippen molar-refractivity contribution < 1.29 is 40.5 Å². The molecule has 11 heteroatoms. The van der Waals surface area contributed by atoms with Crippen LogP contribution in [0.15, 0.2) is 35.3 Å². The molecule has 186 valence electrons. The number of aliphatic hydroxyl groups is 7. The summed E-state index contributed by atoms with van der Waals surface area (Å²) >= 11 is 0. The first kappa shape index (κ1) is 32.2. The minimum Gasteiger partial charge on any atom is -0.396 e. The highest BCUT2D eigenvalue weighted by atomic mass is 16.5. The standard InChI is InChI=1S/C8H6N2O.C6H14O3.C4H10O2.C3H8O3/c11-8-9-5-6-3-1-2-4-7(6)10-8;1-5(8)4-9-6(2)3-7;1-4(6)2-3-5;4-1-3(6)2-5/h1-5H,(H,9,10,11);5-8H,3-4H2,1-2H3;4-6H,2-3H2,1H3;3-6H,1-2H2. The number of fused-ring (bicyclic) bond motifs is 1. The number of ether oxygens (including phenoxy) is 1. The molecule has 1 aromatic carbocycles. The Morgan fingerprint density at radius 3 is 1.94 bits per heavy atom. The van der Waals surface area contributed by atoms with Crippen LogP contribution in [-0.2, 0) is 4.74 Å². The molecule has 11 nitrogen and oxygen atoms in total. The first-order valence-electron chi connectivity index (χ1n) is 10.1. The molecule has 8 N–H and O–H groups in total. The van der Waals surface area contributed by atoms with E-state index in [0.29, 0.717) is 13.0 Å². The van der Waals surface area contributed by atoms with Gasteiger partial charge in [-0.05, 0) is 33.3 Å². The van der Waals surface area contributed by atoms with Crippen LogP contribution in [0.2, 0.25) is 0 Å². The molecule has 0 radical (unpaired) electrons. The van der Waals surface area contributed by atoms with E-state index in [4.69, 9.17) is 40.5 Å². The highest BCUT2D eigenvalue weighted by Gasteiger charge is 2.00. The lowest BCUT2D eigenvalue weighted by Gasteiger charge is -2.10. The molecule has 0 saturated heterocycles. The smallest absolute Gasteiger partial charge is 0.345 e. The lowest BCUT2D eigenvalue weighted by atomic mass is 10.2. The minimum atomic E-state index is -0.954. The van der Waals surface area contributed by atoms with Crippen molar-refractivity contribution in [3.63, 3.8) is 0 Å². The molecule has 0 aliphatic heterocycles. The number of benzene rings is 1. The van der Waals surface area contributed by atoms with Crippen LogP contribution in [0.3, 0.4) is 0 Å². The molecule has 3 atom stereocenters. The largest absolute Gasteiger partial charge is 0.396 e. The fourth-order valence-electron chi connectivity index (χ4n) is 1.60. The maximum Gasteiger partial charge on any atom is 0.345 e. The van der Waals surface area contributed by atoms with Gasteiger partial charge in [-0.1, -0.05) is 18.2 Å². The maximum absolute atomic E-state index is 10.7. The normalized spacial score (nSPS) is 13.0. The number of aromatic amines is 1. The number of hydrogen-bond acceptors (Lipinski definition) is 10. The van der Waals surface area contributed by atoms with Crippen molar-refractivity contribution in [3.05, 3.63) is 40.9 Å². The third kappa shape index (κ3) is 20.0. The molecule has 0 aliphatic rings. The summed E-state index contributed by atoms with van der Waals surface area (Å²) in [7, 11) is 0. The third-order valence-electron chi connectivity index (χ3n) is 3.37. The molecule has 0 saturated carbocycles. The van der Waals surface area contributed by atoms with Crippen LogP contribution in [0.4, 0.5) is 0 Å². The Hall–Kier alpha value is -1.96. The minimum absolute atomic E-state index is 0.00667. The van der Waals surface area contributed by atoms with Gasteiger partial charge in [0.15, 0.2) is 0 Å². The summed E-state index contributed by atoms with van der Waals surface area (Å²) in [6.07, 6.45) is 0.132. The average molecular weight is 463 g/mol. The van der Waals surface area contributed by atoms with Crippen molar-refractivity contribution >= 4 is 10.9 Å². The number of H-pyrrole nitrogens is 1. The molecule has 0 aliphatic carbocycles. The van der Waals surface area contributed by atoms with Crippen LogP contribution < -0.4 is 5.69 Å². The van der Waals surface area contributed by atoms with Crippen LogP contribution in [0.25, 0.3) is 10.9 Å². The highest BCUT2D eigenvalue weighted by Crippen LogP contribution is 2.05. The van der Waals surface area contributed by atoms with Crippen LogP contribution in [0, 0.1) is 0 Å². The molecule has 1 aromatic heterocycles. The number of hydrogen-bond donors (Lipinski definition) is 8. The predicted octanol–water partition coefficient (Wildman–Crippen LogP) is -1.23. The Morgan fingerprint density at radius 2 is 1.53 bits per heavy atom. The van der Waals surface area contributed by atoms with Crippen molar-refractivity contribution in [2.45, 2.75) is 51.6 Å². The fourth-order valence-corrected chi connectivity index (χ4v) is 1.60. The first-order valence-corrected chi connectivity index (χ1v) is 10.1. The van der Waals surface area contributed by atoms with E-state index in [0.717, 1.165) is 10.9 Å². The summed E-state index contributed by atoms with van der Waals surface area (Å²) < 4.78 is 4.95. The summed E-state index contributed by atoms with van der Waals surface area (Å²) in [5.41, 5.74) is 0.524. The van der Waals surface area contributed by atoms with E-state index in [1.54, 1.807) is 27.0 Å². The summed E-state index contributed by atoms with van der Waals surface area (Å²) in [6.45, 7) is 4.70. The van der Waals surface area contributed by atoms with Gasteiger partial charge in [-0.3, -0.25) is 0 Å². The number of aliphatic hydroxyl groups excluding tert-OH is 7. The van der Waals surface area contributed by atoms with E-state index in [1.807, 2.05) is 24.3 Å². The van der Waals surface area contributed by atoms with Crippen LogP contribution in [0.1, 0.15) is 27.2 Å². The Balaban J connectivity index is 0. The van der Waals surface area contributed by atoms with Gasteiger partial charge in [-0.25, -0.2) is 9.78 Å². The number of aromatic nitrogens is 2. The predicted molar refractivity (Wildman–Crippen MR) is 120 cm³/mol. The molecule has 0 spiro atoms. The van der Waals surface area contributed by atoms with Crippen molar-refractivity contribution in [3.8, 4) is 0 Å². The second-order valence-electron chi connectivity index (χ2n) is 6.83. The Morgan fingerprint density at radius 1 is 0.938 bits per heavy atom. The molecule has 32 heavy (non-hydrogen) atoms. The number of para-hydroxylation sites is 1. The van der Waals surface area contributed by atoms with E-state index in [9.17, 15) is 4.79 Å². The molecule has 1 heterocycles. The summed E-state index contributed by atoms with van der Waals surface area (Å²) in [5, 5.41) is 58.6. The average Bonchev–Trinajstić information content (AvgIpc) is 2.77. The molecule has 0 fully saturated rings. The molecular formula is C21H38N2O9.